The predicted octanol–water partition coefficient (Wildman–Crippen LogP) is 4.44. The Balaban J connectivity index is 1.24. The van der Waals surface area contributed by atoms with Crippen molar-refractivity contribution in [2.45, 2.75) is 19.0 Å². The minimum Gasteiger partial charge on any atom is -0.367 e. The maximum atomic E-state index is 13.0. The van der Waals surface area contributed by atoms with Crippen LogP contribution >= 0.6 is 0 Å². The van der Waals surface area contributed by atoms with Gasteiger partial charge in [-0.15, -0.1) is 0 Å². The maximum Gasteiger partial charge on any atom is 0.322 e. The number of urea groups is 1. The highest BCUT2D eigenvalue weighted by Crippen LogP contribution is 2.28. The van der Waals surface area contributed by atoms with E-state index < -0.39 is 0 Å². The number of para-hydroxylation sites is 1. The fourth-order valence-corrected chi connectivity index (χ4v) is 4.50. The van der Waals surface area contributed by atoms with Gasteiger partial charge in [0.25, 0.3) is 0 Å². The Morgan fingerprint density at radius 2 is 1.74 bits per heavy atom. The summed E-state index contributed by atoms with van der Waals surface area (Å²) in [5.74, 6) is 2.03. The Bertz CT molecular complexity index is 1490. The van der Waals surface area contributed by atoms with Crippen molar-refractivity contribution in [3.05, 3.63) is 102 Å². The lowest BCUT2D eigenvalue weighted by Gasteiger charge is -2.30. The van der Waals surface area contributed by atoms with Crippen LogP contribution in [0.4, 0.5) is 16.3 Å². The average molecular weight is 503 g/mol. The molecule has 4 aromatic rings. The quantitative estimate of drug-likeness (QED) is 0.405. The zero-order valence-corrected chi connectivity index (χ0v) is 20.7. The lowest BCUT2D eigenvalue weighted by atomic mass is 10.1. The summed E-state index contributed by atoms with van der Waals surface area (Å²) in [5, 5.41) is 6.46. The van der Waals surface area contributed by atoms with E-state index in [1.54, 1.807) is 17.3 Å². The van der Waals surface area contributed by atoms with Gasteiger partial charge in [-0.05, 0) is 24.3 Å². The summed E-state index contributed by atoms with van der Waals surface area (Å²) in [5.41, 5.74) is 4.43. The second-order valence-corrected chi connectivity index (χ2v) is 9.08. The zero-order chi connectivity index (χ0) is 25.7. The topological polar surface area (TPSA) is 108 Å². The molecule has 1 atom stereocenters. The Hall–Kier alpha value is -4.92. The van der Waals surface area contributed by atoms with E-state index in [1.807, 2.05) is 79.0 Å². The highest BCUT2D eigenvalue weighted by molar-refractivity contribution is 6.07. The van der Waals surface area contributed by atoms with E-state index in [9.17, 15) is 4.79 Å². The summed E-state index contributed by atoms with van der Waals surface area (Å²) in [7, 11) is 0. The van der Waals surface area contributed by atoms with Gasteiger partial charge in [0, 0.05) is 60.5 Å². The first-order valence-corrected chi connectivity index (χ1v) is 12.6. The van der Waals surface area contributed by atoms with Gasteiger partial charge in [0.15, 0.2) is 11.7 Å². The van der Waals surface area contributed by atoms with Crippen LogP contribution in [0.1, 0.15) is 16.8 Å². The molecule has 2 amide bonds. The van der Waals surface area contributed by atoms with Gasteiger partial charge < -0.3 is 15.5 Å². The van der Waals surface area contributed by atoms with E-state index >= 15 is 0 Å². The summed E-state index contributed by atoms with van der Waals surface area (Å²) in [6.45, 7) is 1.49. The molecule has 0 saturated carbocycles. The molecule has 9 heteroatoms. The number of hydrogen-bond donors (Lipinski definition) is 2. The number of nitrogens with zero attached hydrogens (tertiary/aromatic N) is 6. The number of nitrogens with one attached hydrogen (secondary N) is 2. The third-order valence-corrected chi connectivity index (χ3v) is 6.46. The van der Waals surface area contributed by atoms with E-state index in [1.165, 1.54) is 0 Å². The molecule has 2 N–H and O–H groups in total. The number of hydrogen-bond acceptors (Lipinski definition) is 7. The lowest BCUT2D eigenvalue weighted by molar-refractivity contribution is 0.206. The van der Waals surface area contributed by atoms with Gasteiger partial charge in [0.05, 0.1) is 12.2 Å². The third-order valence-electron chi connectivity index (χ3n) is 6.46. The first-order chi connectivity index (χ1) is 18.7. The Morgan fingerprint density at radius 3 is 2.53 bits per heavy atom. The summed E-state index contributed by atoms with van der Waals surface area (Å²) < 4.78 is 0. The molecule has 38 heavy (non-hydrogen) atoms. The number of aromatic nitrogens is 3. The second-order valence-electron chi connectivity index (χ2n) is 9.08. The van der Waals surface area contributed by atoms with Gasteiger partial charge in [-0.25, -0.2) is 19.8 Å². The molecule has 6 rings (SSSR count). The van der Waals surface area contributed by atoms with E-state index in [4.69, 9.17) is 15.0 Å². The van der Waals surface area contributed by atoms with Gasteiger partial charge in [-0.3, -0.25) is 9.98 Å². The fraction of sp³-hybridized carbons (Fsp3) is 0.172. The van der Waals surface area contributed by atoms with Crippen molar-refractivity contribution in [1.82, 2.24) is 19.9 Å². The maximum absolute atomic E-state index is 13.0. The molecular formula is C29H26N8O. The van der Waals surface area contributed by atoms with E-state index in [-0.39, 0.29) is 12.1 Å². The number of carbonyl (C=O) groups is 1. The minimum absolute atomic E-state index is 0.126. The standard InChI is InChI=1S/C29H26N8O/c38-29(34-22-11-5-2-6-12-22)37-15-13-25-24(19-37)28(36-27(35-25)21-10-7-14-30-16-21)32-18-23-17-31-26(33-23)20-8-3-1-4-9-20/h1-12,14,16-17,23H,13,15,18-19H2,(H,34,38)(H,32,35,36). The summed E-state index contributed by atoms with van der Waals surface area (Å²) >= 11 is 0. The number of carbonyl (C=O) groups excluding carboxylic acids is 1. The minimum atomic E-state index is -0.149. The highest BCUT2D eigenvalue weighted by atomic mass is 16.2. The highest BCUT2D eigenvalue weighted by Gasteiger charge is 2.26. The molecule has 9 nitrogen and oxygen atoms in total. The number of aliphatic imine (C=N–C) groups is 2. The van der Waals surface area contributed by atoms with Crippen molar-refractivity contribution in [2.75, 3.05) is 23.7 Å². The van der Waals surface area contributed by atoms with Gasteiger partial charge in [-0.1, -0.05) is 48.5 Å². The van der Waals surface area contributed by atoms with Crippen LogP contribution in [0.3, 0.4) is 0 Å². The molecule has 2 aliphatic heterocycles. The van der Waals surface area contributed by atoms with Crippen molar-refractivity contribution >= 4 is 29.6 Å². The number of benzene rings is 2. The van der Waals surface area contributed by atoms with Crippen molar-refractivity contribution < 1.29 is 4.79 Å². The first kappa shape index (κ1) is 23.5. The SMILES string of the molecule is O=C(Nc1ccccc1)N1CCc2nc(-c3cccnc3)nc(NCC3C=NC(c4ccccc4)=N3)c2C1. The van der Waals surface area contributed by atoms with Crippen LogP contribution in [0.2, 0.25) is 0 Å². The van der Waals surface area contributed by atoms with Crippen LogP contribution < -0.4 is 10.6 Å². The molecule has 0 aliphatic carbocycles. The van der Waals surface area contributed by atoms with Crippen molar-refractivity contribution in [1.29, 1.82) is 0 Å². The molecule has 1 unspecified atom stereocenters. The predicted molar refractivity (Wildman–Crippen MR) is 149 cm³/mol. The van der Waals surface area contributed by atoms with E-state index in [0.29, 0.717) is 37.7 Å². The Labute approximate surface area is 220 Å². The molecular weight excluding hydrogens is 476 g/mol. The summed E-state index contributed by atoms with van der Waals surface area (Å²) in [4.78, 5) is 38.0. The normalized spacial score (nSPS) is 16.1. The van der Waals surface area contributed by atoms with Gasteiger partial charge in [0.2, 0.25) is 0 Å². The van der Waals surface area contributed by atoms with Crippen LogP contribution in [0, 0.1) is 0 Å². The monoisotopic (exact) mass is 502 g/mol. The molecule has 0 fully saturated rings. The molecule has 2 aromatic carbocycles. The number of fused-ring (bicyclic) bond motifs is 1. The summed E-state index contributed by atoms with van der Waals surface area (Å²) in [6.07, 6.45) is 5.97. The third kappa shape index (κ3) is 5.12. The molecule has 0 saturated heterocycles. The lowest BCUT2D eigenvalue weighted by Crippen LogP contribution is -2.39. The Morgan fingerprint density at radius 1 is 0.947 bits per heavy atom. The second kappa shape index (κ2) is 10.6. The number of rotatable bonds is 6. The van der Waals surface area contributed by atoms with Gasteiger partial charge >= 0.3 is 6.03 Å². The van der Waals surface area contributed by atoms with Crippen molar-refractivity contribution in [3.63, 3.8) is 0 Å². The number of anilines is 2. The molecule has 2 aliphatic rings. The molecule has 0 spiro atoms. The van der Waals surface area contributed by atoms with Crippen molar-refractivity contribution in [2.24, 2.45) is 9.98 Å². The van der Waals surface area contributed by atoms with Crippen LogP contribution in [0.15, 0.2) is 95.2 Å². The largest absolute Gasteiger partial charge is 0.367 e. The number of amides is 2. The molecule has 188 valence electrons. The Kier molecular flexibility index (Phi) is 6.55. The zero-order valence-electron chi connectivity index (χ0n) is 20.7. The van der Waals surface area contributed by atoms with E-state index in [2.05, 4.69) is 20.6 Å². The molecule has 0 bridgehead atoms. The smallest absolute Gasteiger partial charge is 0.322 e. The average Bonchev–Trinajstić information content (AvgIpc) is 3.46. The van der Waals surface area contributed by atoms with Crippen LogP contribution in [0.25, 0.3) is 11.4 Å². The van der Waals surface area contributed by atoms with Crippen LogP contribution in [-0.2, 0) is 13.0 Å². The van der Waals surface area contributed by atoms with Gasteiger partial charge in [-0.2, -0.15) is 0 Å². The number of pyridine rings is 1. The number of amidine groups is 1. The molecule has 0 radical (unpaired) electrons. The van der Waals surface area contributed by atoms with Crippen molar-refractivity contribution in [3.8, 4) is 11.4 Å². The van der Waals surface area contributed by atoms with E-state index in [0.717, 1.165) is 33.9 Å². The molecule has 2 aromatic heterocycles. The molecule has 4 heterocycles. The van der Waals surface area contributed by atoms with Crippen LogP contribution in [0.5, 0.6) is 0 Å². The van der Waals surface area contributed by atoms with Gasteiger partial charge in [0.1, 0.15) is 11.9 Å². The summed E-state index contributed by atoms with van der Waals surface area (Å²) in [6, 6.07) is 22.9. The first-order valence-electron chi connectivity index (χ1n) is 12.6. The van der Waals surface area contributed by atoms with Crippen LogP contribution in [-0.4, -0.2) is 57.1 Å². The fourth-order valence-electron chi connectivity index (χ4n) is 4.50.